The van der Waals surface area contributed by atoms with Crippen molar-refractivity contribution in [3.63, 3.8) is 0 Å². The molecule has 4 heteroatoms. The van der Waals surface area contributed by atoms with Gasteiger partial charge in [0.15, 0.2) is 0 Å². The Morgan fingerprint density at radius 1 is 1.35 bits per heavy atom. The lowest BCUT2D eigenvalue weighted by molar-refractivity contribution is 0.169. The lowest BCUT2D eigenvalue weighted by Gasteiger charge is -2.17. The van der Waals surface area contributed by atoms with Crippen LogP contribution in [0.4, 0.5) is 0 Å². The Morgan fingerprint density at radius 3 is 2.90 bits per heavy atom. The Morgan fingerprint density at radius 2 is 2.20 bits per heavy atom. The van der Waals surface area contributed by atoms with Crippen LogP contribution in [-0.2, 0) is 6.54 Å². The van der Waals surface area contributed by atoms with Crippen LogP contribution in [-0.4, -0.2) is 27.5 Å². The molecule has 1 heterocycles. The van der Waals surface area contributed by atoms with Gasteiger partial charge in [-0.1, -0.05) is 29.8 Å². The Balaban J connectivity index is 1.73. The van der Waals surface area contributed by atoms with Gasteiger partial charge in [-0.15, -0.1) is 0 Å². The van der Waals surface area contributed by atoms with Crippen molar-refractivity contribution in [2.24, 2.45) is 0 Å². The Kier molecular flexibility index (Phi) is 5.32. The van der Waals surface area contributed by atoms with E-state index in [4.69, 9.17) is 0 Å². The molecule has 0 amide bonds. The second-order valence-electron chi connectivity index (χ2n) is 5.30. The molecule has 108 valence electrons. The van der Waals surface area contributed by atoms with Crippen LogP contribution in [0, 0.1) is 6.92 Å². The van der Waals surface area contributed by atoms with Crippen LogP contribution in [0.1, 0.15) is 30.6 Å². The summed E-state index contributed by atoms with van der Waals surface area (Å²) in [6.07, 6.45) is 4.29. The number of aryl methyl sites for hydroxylation is 2. The molecule has 0 fully saturated rings. The lowest BCUT2D eigenvalue weighted by atomic mass is 10.1. The third-order valence-corrected chi connectivity index (χ3v) is 3.44. The van der Waals surface area contributed by atoms with E-state index < -0.39 is 6.10 Å². The molecule has 0 radical (unpaired) electrons. The van der Waals surface area contributed by atoms with Crippen molar-refractivity contribution >= 4 is 0 Å². The van der Waals surface area contributed by atoms with Crippen molar-refractivity contribution in [3.8, 4) is 0 Å². The molecule has 2 rings (SSSR count). The minimum absolute atomic E-state index is 0.346. The van der Waals surface area contributed by atoms with Crippen molar-refractivity contribution in [1.29, 1.82) is 0 Å². The number of nitrogens with zero attached hydrogens (tertiary/aromatic N) is 2. The maximum atomic E-state index is 10.2. The van der Waals surface area contributed by atoms with Gasteiger partial charge in [0.05, 0.1) is 6.10 Å². The molecule has 0 saturated carbocycles. The van der Waals surface area contributed by atoms with Gasteiger partial charge in [-0.3, -0.25) is 4.68 Å². The first-order valence-electron chi connectivity index (χ1n) is 7.10. The van der Waals surface area contributed by atoms with E-state index in [0.29, 0.717) is 12.6 Å². The van der Waals surface area contributed by atoms with Crippen LogP contribution >= 0.6 is 0 Å². The molecule has 0 spiro atoms. The van der Waals surface area contributed by atoms with Crippen molar-refractivity contribution in [1.82, 2.24) is 15.1 Å². The van der Waals surface area contributed by atoms with Gasteiger partial charge in [0.1, 0.15) is 0 Å². The molecule has 2 unspecified atom stereocenters. The zero-order valence-corrected chi connectivity index (χ0v) is 12.2. The topological polar surface area (TPSA) is 50.1 Å². The number of aliphatic hydroxyl groups is 1. The third-order valence-electron chi connectivity index (χ3n) is 3.44. The monoisotopic (exact) mass is 273 g/mol. The standard InChI is InChI=1S/C16H23N3O/c1-13-5-3-6-15(11-13)16(20)12-17-14(2)7-10-19-9-4-8-18-19/h3-6,8-9,11,14,16-17,20H,7,10,12H2,1-2H3. The number of hydrogen-bond donors (Lipinski definition) is 2. The summed E-state index contributed by atoms with van der Waals surface area (Å²) < 4.78 is 1.93. The molecule has 0 aliphatic heterocycles. The van der Waals surface area contributed by atoms with E-state index in [2.05, 4.69) is 17.3 Å². The van der Waals surface area contributed by atoms with Gasteiger partial charge < -0.3 is 10.4 Å². The third kappa shape index (κ3) is 4.47. The van der Waals surface area contributed by atoms with E-state index >= 15 is 0 Å². The van der Waals surface area contributed by atoms with Crippen molar-refractivity contribution in [2.75, 3.05) is 6.54 Å². The largest absolute Gasteiger partial charge is 0.387 e. The highest BCUT2D eigenvalue weighted by atomic mass is 16.3. The second kappa shape index (κ2) is 7.22. The fourth-order valence-corrected chi connectivity index (χ4v) is 2.17. The fourth-order valence-electron chi connectivity index (χ4n) is 2.17. The average Bonchev–Trinajstić information content (AvgIpc) is 2.95. The van der Waals surface area contributed by atoms with E-state index in [-0.39, 0.29) is 0 Å². The molecule has 20 heavy (non-hydrogen) atoms. The van der Waals surface area contributed by atoms with E-state index in [0.717, 1.165) is 18.5 Å². The number of hydrogen-bond acceptors (Lipinski definition) is 3. The molecule has 0 aliphatic rings. The minimum Gasteiger partial charge on any atom is -0.387 e. The molecule has 1 aromatic heterocycles. The fraction of sp³-hybridized carbons (Fsp3) is 0.438. The van der Waals surface area contributed by atoms with Gasteiger partial charge >= 0.3 is 0 Å². The van der Waals surface area contributed by atoms with Crippen LogP contribution in [0.25, 0.3) is 0 Å². The normalized spacial score (nSPS) is 14.2. The van der Waals surface area contributed by atoms with Gasteiger partial charge in [-0.2, -0.15) is 5.10 Å². The van der Waals surface area contributed by atoms with E-state index in [1.165, 1.54) is 5.56 Å². The summed E-state index contributed by atoms with van der Waals surface area (Å²) in [6, 6.07) is 10.3. The molecule has 0 aliphatic carbocycles. The molecule has 0 saturated heterocycles. The second-order valence-corrected chi connectivity index (χ2v) is 5.30. The maximum Gasteiger partial charge on any atom is 0.0914 e. The summed E-state index contributed by atoms with van der Waals surface area (Å²) >= 11 is 0. The molecule has 1 aromatic carbocycles. The molecule has 4 nitrogen and oxygen atoms in total. The predicted molar refractivity (Wildman–Crippen MR) is 80.4 cm³/mol. The molecular weight excluding hydrogens is 250 g/mol. The molecule has 2 aromatic rings. The first-order chi connectivity index (χ1) is 9.65. The van der Waals surface area contributed by atoms with Gasteiger partial charge in [0, 0.05) is 31.5 Å². The predicted octanol–water partition coefficient (Wildman–Crippen LogP) is 2.29. The van der Waals surface area contributed by atoms with Crippen LogP contribution < -0.4 is 5.32 Å². The molecule has 2 atom stereocenters. The lowest BCUT2D eigenvalue weighted by Crippen LogP contribution is -2.31. The molecule has 2 N–H and O–H groups in total. The van der Waals surface area contributed by atoms with Crippen molar-refractivity contribution < 1.29 is 5.11 Å². The zero-order chi connectivity index (χ0) is 14.4. The van der Waals surface area contributed by atoms with Crippen molar-refractivity contribution in [2.45, 2.75) is 39.0 Å². The Hall–Kier alpha value is -1.65. The summed E-state index contributed by atoms with van der Waals surface area (Å²) in [4.78, 5) is 0. The molecular formula is C16H23N3O. The summed E-state index contributed by atoms with van der Waals surface area (Å²) in [5.74, 6) is 0. The number of rotatable bonds is 7. The first-order valence-corrected chi connectivity index (χ1v) is 7.10. The Bertz CT molecular complexity index is 510. The average molecular weight is 273 g/mol. The van der Waals surface area contributed by atoms with E-state index in [9.17, 15) is 5.11 Å². The SMILES string of the molecule is Cc1cccc(C(O)CNC(C)CCn2cccn2)c1. The van der Waals surface area contributed by atoms with Crippen LogP contribution in [0.2, 0.25) is 0 Å². The Labute approximate surface area is 120 Å². The summed E-state index contributed by atoms with van der Waals surface area (Å²) in [5.41, 5.74) is 2.14. The van der Waals surface area contributed by atoms with Crippen molar-refractivity contribution in [3.05, 3.63) is 53.9 Å². The number of aliphatic hydroxyl groups excluding tert-OH is 1. The van der Waals surface area contributed by atoms with Gasteiger partial charge in [-0.25, -0.2) is 0 Å². The highest BCUT2D eigenvalue weighted by Gasteiger charge is 2.09. The maximum absolute atomic E-state index is 10.2. The zero-order valence-electron chi connectivity index (χ0n) is 12.2. The van der Waals surface area contributed by atoms with Crippen LogP contribution in [0.3, 0.4) is 0 Å². The van der Waals surface area contributed by atoms with Gasteiger partial charge in [0.2, 0.25) is 0 Å². The number of nitrogens with one attached hydrogen (secondary N) is 1. The highest BCUT2D eigenvalue weighted by Crippen LogP contribution is 2.13. The minimum atomic E-state index is -0.456. The summed E-state index contributed by atoms with van der Waals surface area (Å²) in [7, 11) is 0. The van der Waals surface area contributed by atoms with E-state index in [1.807, 2.05) is 48.1 Å². The van der Waals surface area contributed by atoms with E-state index in [1.54, 1.807) is 6.20 Å². The quantitative estimate of drug-likeness (QED) is 0.814. The highest BCUT2D eigenvalue weighted by molar-refractivity contribution is 5.24. The van der Waals surface area contributed by atoms with Crippen LogP contribution in [0.5, 0.6) is 0 Å². The van der Waals surface area contributed by atoms with Crippen LogP contribution in [0.15, 0.2) is 42.7 Å². The van der Waals surface area contributed by atoms with Gasteiger partial charge in [0.25, 0.3) is 0 Å². The molecule has 0 bridgehead atoms. The smallest absolute Gasteiger partial charge is 0.0914 e. The number of benzene rings is 1. The summed E-state index contributed by atoms with van der Waals surface area (Å²) in [6.45, 7) is 5.63. The van der Waals surface area contributed by atoms with Gasteiger partial charge in [-0.05, 0) is 31.9 Å². The first kappa shape index (κ1) is 14.8. The summed E-state index contributed by atoms with van der Waals surface area (Å²) in [5, 5.41) is 17.7. The number of aromatic nitrogens is 2.